The van der Waals surface area contributed by atoms with Crippen molar-refractivity contribution in [3.63, 3.8) is 0 Å². The van der Waals surface area contributed by atoms with Gasteiger partial charge in [0, 0.05) is 4.47 Å². The van der Waals surface area contributed by atoms with Crippen LogP contribution in [0.25, 0.3) is 22.3 Å². The van der Waals surface area contributed by atoms with Crippen molar-refractivity contribution in [1.29, 1.82) is 0 Å². The van der Waals surface area contributed by atoms with Crippen LogP contribution in [0.1, 0.15) is 5.56 Å². The topological polar surface area (TPSA) is 0 Å². The maximum absolute atomic E-state index is 3.70. The van der Waals surface area contributed by atoms with Gasteiger partial charge in [-0.15, -0.1) is 0 Å². The fraction of sp³-hybridized carbons (Fsp3) is 0.0526. The van der Waals surface area contributed by atoms with Gasteiger partial charge in [0.1, 0.15) is 0 Å². The first-order valence-corrected chi connectivity index (χ1v) is 7.45. The molecule has 0 radical (unpaired) electrons. The van der Waals surface area contributed by atoms with Crippen molar-refractivity contribution in [3.05, 3.63) is 82.8 Å². The Kier molecular flexibility index (Phi) is 3.70. The third-order valence-corrected chi connectivity index (χ3v) is 4.09. The van der Waals surface area contributed by atoms with Gasteiger partial charge in [0.05, 0.1) is 0 Å². The van der Waals surface area contributed by atoms with Crippen LogP contribution in [0.4, 0.5) is 0 Å². The van der Waals surface area contributed by atoms with E-state index in [1.807, 2.05) is 6.07 Å². The van der Waals surface area contributed by atoms with Gasteiger partial charge < -0.3 is 0 Å². The molecule has 20 heavy (non-hydrogen) atoms. The summed E-state index contributed by atoms with van der Waals surface area (Å²) in [5, 5.41) is 0. The van der Waals surface area contributed by atoms with Crippen LogP contribution >= 0.6 is 15.9 Å². The van der Waals surface area contributed by atoms with Crippen LogP contribution in [0.5, 0.6) is 0 Å². The molecule has 3 rings (SSSR count). The first-order valence-electron chi connectivity index (χ1n) is 6.66. The number of hydrogen-bond donors (Lipinski definition) is 0. The van der Waals surface area contributed by atoms with Gasteiger partial charge in [-0.25, -0.2) is 0 Å². The molecule has 0 saturated carbocycles. The summed E-state index contributed by atoms with van der Waals surface area (Å²) in [6, 6.07) is 25.6. The number of benzene rings is 3. The average Bonchev–Trinajstić information content (AvgIpc) is 2.49. The van der Waals surface area contributed by atoms with Crippen molar-refractivity contribution >= 4 is 15.9 Å². The summed E-state index contributed by atoms with van der Waals surface area (Å²) in [4.78, 5) is 0. The van der Waals surface area contributed by atoms with Crippen molar-refractivity contribution in [3.8, 4) is 22.3 Å². The Bertz CT molecular complexity index is 713. The molecule has 98 valence electrons. The van der Waals surface area contributed by atoms with Gasteiger partial charge in [0.2, 0.25) is 0 Å². The summed E-state index contributed by atoms with van der Waals surface area (Å²) in [5.74, 6) is 0. The highest BCUT2D eigenvalue weighted by Crippen LogP contribution is 2.32. The van der Waals surface area contributed by atoms with E-state index >= 15 is 0 Å². The second-order valence-corrected chi connectivity index (χ2v) is 5.78. The lowest BCUT2D eigenvalue weighted by molar-refractivity contribution is 1.47. The van der Waals surface area contributed by atoms with Gasteiger partial charge in [-0.1, -0.05) is 88.2 Å². The fourth-order valence-corrected chi connectivity index (χ4v) is 2.90. The molecule has 0 unspecified atom stereocenters. The van der Waals surface area contributed by atoms with E-state index < -0.39 is 0 Å². The van der Waals surface area contributed by atoms with E-state index in [2.05, 4.69) is 89.6 Å². The summed E-state index contributed by atoms with van der Waals surface area (Å²) in [5.41, 5.74) is 6.22. The fourth-order valence-electron chi connectivity index (χ4n) is 2.29. The minimum atomic E-state index is 1.13. The highest BCUT2D eigenvalue weighted by Gasteiger charge is 2.05. The van der Waals surface area contributed by atoms with Crippen LogP contribution in [0, 0.1) is 6.92 Å². The molecule has 0 atom stereocenters. The monoisotopic (exact) mass is 322 g/mol. The minimum Gasteiger partial charge on any atom is -0.0622 e. The number of halogens is 1. The molecule has 0 bridgehead atoms. The van der Waals surface area contributed by atoms with Gasteiger partial charge in [-0.2, -0.15) is 0 Å². The highest BCUT2D eigenvalue weighted by molar-refractivity contribution is 9.10. The highest BCUT2D eigenvalue weighted by atomic mass is 79.9. The molecule has 1 heteroatoms. The third-order valence-electron chi connectivity index (χ3n) is 3.44. The van der Waals surface area contributed by atoms with Crippen LogP contribution in [-0.4, -0.2) is 0 Å². The largest absolute Gasteiger partial charge is 0.0622 e. The Hall–Kier alpha value is -1.86. The SMILES string of the molecule is Cc1ccc(-c2ccc(-c3ccccc3)c(Br)c2)cc1. The lowest BCUT2D eigenvalue weighted by Crippen LogP contribution is -1.83. The zero-order valence-corrected chi connectivity index (χ0v) is 12.9. The van der Waals surface area contributed by atoms with Crippen LogP contribution in [0.15, 0.2) is 77.3 Å². The zero-order chi connectivity index (χ0) is 13.9. The quantitative estimate of drug-likeness (QED) is 0.535. The zero-order valence-electron chi connectivity index (χ0n) is 11.3. The van der Waals surface area contributed by atoms with Gasteiger partial charge in [0.25, 0.3) is 0 Å². The van der Waals surface area contributed by atoms with Crippen molar-refractivity contribution in [2.45, 2.75) is 6.92 Å². The van der Waals surface area contributed by atoms with Crippen LogP contribution in [0.2, 0.25) is 0 Å². The van der Waals surface area contributed by atoms with Crippen molar-refractivity contribution in [2.24, 2.45) is 0 Å². The van der Waals surface area contributed by atoms with E-state index in [4.69, 9.17) is 0 Å². The van der Waals surface area contributed by atoms with Crippen LogP contribution in [0.3, 0.4) is 0 Å². The predicted molar refractivity (Wildman–Crippen MR) is 89.8 cm³/mol. The second-order valence-electron chi connectivity index (χ2n) is 4.93. The first-order chi connectivity index (χ1) is 9.74. The Morgan fingerprint density at radius 3 is 1.95 bits per heavy atom. The summed E-state index contributed by atoms with van der Waals surface area (Å²) >= 11 is 3.70. The molecular weight excluding hydrogens is 308 g/mol. The molecule has 0 aromatic heterocycles. The molecule has 0 aliphatic carbocycles. The number of hydrogen-bond acceptors (Lipinski definition) is 0. The van der Waals surface area contributed by atoms with E-state index in [1.165, 1.54) is 27.8 Å². The predicted octanol–water partition coefficient (Wildman–Crippen LogP) is 6.09. The van der Waals surface area contributed by atoms with Crippen LogP contribution in [-0.2, 0) is 0 Å². The molecule has 0 nitrogen and oxygen atoms in total. The van der Waals surface area contributed by atoms with E-state index in [0.29, 0.717) is 0 Å². The van der Waals surface area contributed by atoms with Crippen molar-refractivity contribution in [1.82, 2.24) is 0 Å². The van der Waals surface area contributed by atoms with Gasteiger partial charge >= 0.3 is 0 Å². The van der Waals surface area contributed by atoms with E-state index in [0.717, 1.165) is 4.47 Å². The normalized spacial score (nSPS) is 10.5. The smallest absolute Gasteiger partial charge is 0.0259 e. The molecule has 0 saturated heterocycles. The van der Waals surface area contributed by atoms with E-state index in [9.17, 15) is 0 Å². The summed E-state index contributed by atoms with van der Waals surface area (Å²) in [6.45, 7) is 2.11. The molecule has 3 aromatic rings. The number of rotatable bonds is 2. The van der Waals surface area contributed by atoms with E-state index in [-0.39, 0.29) is 0 Å². The Morgan fingerprint density at radius 1 is 0.650 bits per heavy atom. The molecule has 0 N–H and O–H groups in total. The Labute approximate surface area is 128 Å². The maximum Gasteiger partial charge on any atom is 0.0259 e. The van der Waals surface area contributed by atoms with Gasteiger partial charge in [-0.05, 0) is 35.2 Å². The lowest BCUT2D eigenvalue weighted by Gasteiger charge is -2.08. The minimum absolute atomic E-state index is 1.13. The third kappa shape index (κ3) is 2.68. The maximum atomic E-state index is 3.70. The molecule has 0 amide bonds. The Morgan fingerprint density at radius 2 is 1.30 bits per heavy atom. The number of aryl methyl sites for hydroxylation is 1. The summed E-state index contributed by atoms with van der Waals surface area (Å²) in [7, 11) is 0. The standard InChI is InChI=1S/C19H15Br/c1-14-7-9-15(10-8-14)17-11-12-18(19(20)13-17)16-5-3-2-4-6-16/h2-13H,1H3. The average molecular weight is 323 g/mol. The van der Waals surface area contributed by atoms with Crippen LogP contribution < -0.4 is 0 Å². The summed E-state index contributed by atoms with van der Waals surface area (Å²) in [6.07, 6.45) is 0. The van der Waals surface area contributed by atoms with Crippen molar-refractivity contribution < 1.29 is 0 Å². The molecule has 0 aliphatic heterocycles. The van der Waals surface area contributed by atoms with Gasteiger partial charge in [0.15, 0.2) is 0 Å². The molecule has 0 spiro atoms. The molecule has 0 fully saturated rings. The molecule has 0 heterocycles. The molecular formula is C19H15Br. The van der Waals surface area contributed by atoms with E-state index in [1.54, 1.807) is 0 Å². The van der Waals surface area contributed by atoms with Crippen molar-refractivity contribution in [2.75, 3.05) is 0 Å². The second kappa shape index (κ2) is 5.64. The Balaban J connectivity index is 2.01. The molecule has 3 aromatic carbocycles. The van der Waals surface area contributed by atoms with Gasteiger partial charge in [-0.3, -0.25) is 0 Å². The summed E-state index contributed by atoms with van der Waals surface area (Å²) < 4.78 is 1.13. The lowest BCUT2D eigenvalue weighted by atomic mass is 10.00. The first kappa shape index (κ1) is 13.1. The molecule has 0 aliphatic rings.